The van der Waals surface area contributed by atoms with Gasteiger partial charge < -0.3 is 15.4 Å². The molecule has 19 heavy (non-hydrogen) atoms. The summed E-state index contributed by atoms with van der Waals surface area (Å²) in [5.41, 5.74) is 1.05. The Kier molecular flexibility index (Phi) is 6.02. The van der Waals surface area contributed by atoms with Gasteiger partial charge in [-0.05, 0) is 26.7 Å². The van der Waals surface area contributed by atoms with Crippen LogP contribution >= 0.6 is 0 Å². The maximum atomic E-state index is 5.26. The Balaban J connectivity index is 2.98. The number of anilines is 2. The van der Waals surface area contributed by atoms with Crippen molar-refractivity contribution in [1.29, 1.82) is 0 Å². The van der Waals surface area contributed by atoms with E-state index >= 15 is 0 Å². The van der Waals surface area contributed by atoms with Crippen LogP contribution < -0.4 is 10.6 Å². The van der Waals surface area contributed by atoms with Crippen molar-refractivity contribution in [2.45, 2.75) is 40.7 Å². The van der Waals surface area contributed by atoms with Crippen LogP contribution in [0.1, 0.15) is 32.2 Å². The standard InChI is InChI=1S/C14H26N4O/c1-7-15-13-10(4)14(17-11(5)16-13)18-12(8-19-6)9(2)3/h9,12H,7-8H2,1-6H3,(H2,15,16,17,18). The Hall–Kier alpha value is -1.36. The summed E-state index contributed by atoms with van der Waals surface area (Å²) in [5, 5.41) is 6.74. The van der Waals surface area contributed by atoms with Gasteiger partial charge in [-0.15, -0.1) is 0 Å². The number of hydrogen-bond donors (Lipinski definition) is 2. The second-order valence-electron chi connectivity index (χ2n) is 5.07. The normalized spacial score (nSPS) is 12.6. The van der Waals surface area contributed by atoms with Gasteiger partial charge in [0.25, 0.3) is 0 Å². The second-order valence-corrected chi connectivity index (χ2v) is 5.07. The first kappa shape index (κ1) is 15.7. The quantitative estimate of drug-likeness (QED) is 0.794. The molecule has 5 nitrogen and oxygen atoms in total. The molecule has 0 spiro atoms. The van der Waals surface area contributed by atoms with Gasteiger partial charge in [-0.3, -0.25) is 0 Å². The number of nitrogens with zero attached hydrogens (tertiary/aromatic N) is 2. The third-order valence-electron chi connectivity index (χ3n) is 3.07. The van der Waals surface area contributed by atoms with Crippen LogP contribution in [0.3, 0.4) is 0 Å². The fraction of sp³-hybridized carbons (Fsp3) is 0.714. The van der Waals surface area contributed by atoms with E-state index in [1.165, 1.54) is 0 Å². The van der Waals surface area contributed by atoms with Crippen molar-refractivity contribution in [1.82, 2.24) is 9.97 Å². The van der Waals surface area contributed by atoms with E-state index in [0.717, 1.165) is 29.6 Å². The van der Waals surface area contributed by atoms with Crippen molar-refractivity contribution in [3.63, 3.8) is 0 Å². The molecular formula is C14H26N4O. The van der Waals surface area contributed by atoms with Crippen molar-refractivity contribution in [2.24, 2.45) is 5.92 Å². The van der Waals surface area contributed by atoms with Crippen molar-refractivity contribution in [2.75, 3.05) is 30.9 Å². The summed E-state index contributed by atoms with van der Waals surface area (Å²) < 4.78 is 5.26. The number of rotatable bonds is 7. The number of hydrogen-bond acceptors (Lipinski definition) is 5. The molecule has 0 aliphatic heterocycles. The predicted octanol–water partition coefficient (Wildman–Crippen LogP) is 2.61. The van der Waals surface area contributed by atoms with Crippen LogP contribution in [0.15, 0.2) is 0 Å². The number of nitrogens with one attached hydrogen (secondary N) is 2. The average Bonchev–Trinajstić information content (AvgIpc) is 2.34. The lowest BCUT2D eigenvalue weighted by molar-refractivity contribution is 0.171. The van der Waals surface area contributed by atoms with E-state index < -0.39 is 0 Å². The molecule has 2 N–H and O–H groups in total. The van der Waals surface area contributed by atoms with E-state index in [2.05, 4.69) is 41.4 Å². The van der Waals surface area contributed by atoms with E-state index in [9.17, 15) is 0 Å². The summed E-state index contributed by atoms with van der Waals surface area (Å²) in [5.74, 6) is 3.03. The smallest absolute Gasteiger partial charge is 0.135 e. The van der Waals surface area contributed by atoms with Crippen LogP contribution in [0.25, 0.3) is 0 Å². The van der Waals surface area contributed by atoms with E-state index in [1.54, 1.807) is 7.11 Å². The molecule has 0 bridgehead atoms. The van der Waals surface area contributed by atoms with Crippen molar-refractivity contribution >= 4 is 11.6 Å². The minimum absolute atomic E-state index is 0.243. The highest BCUT2D eigenvalue weighted by atomic mass is 16.5. The van der Waals surface area contributed by atoms with Gasteiger partial charge in [0.15, 0.2) is 0 Å². The summed E-state index contributed by atoms with van der Waals surface area (Å²) in [4.78, 5) is 8.93. The third-order valence-corrected chi connectivity index (χ3v) is 3.07. The molecule has 0 saturated carbocycles. The number of ether oxygens (including phenoxy) is 1. The third kappa shape index (κ3) is 4.35. The first-order valence-electron chi connectivity index (χ1n) is 6.84. The van der Waals surface area contributed by atoms with Crippen LogP contribution in [0.2, 0.25) is 0 Å². The summed E-state index contributed by atoms with van der Waals surface area (Å²) in [6.45, 7) is 11.9. The van der Waals surface area contributed by atoms with Crippen LogP contribution in [-0.2, 0) is 4.74 Å². The molecule has 0 aliphatic rings. The number of aromatic nitrogens is 2. The maximum Gasteiger partial charge on any atom is 0.135 e. The molecule has 0 aliphatic carbocycles. The Morgan fingerprint density at radius 3 is 2.32 bits per heavy atom. The Morgan fingerprint density at radius 1 is 1.16 bits per heavy atom. The first-order chi connectivity index (χ1) is 8.99. The summed E-state index contributed by atoms with van der Waals surface area (Å²) in [6, 6.07) is 0.243. The topological polar surface area (TPSA) is 59.1 Å². The Morgan fingerprint density at radius 2 is 1.79 bits per heavy atom. The zero-order valence-corrected chi connectivity index (χ0v) is 12.9. The monoisotopic (exact) mass is 266 g/mol. The molecule has 0 aromatic carbocycles. The van der Waals surface area contributed by atoms with Crippen LogP contribution in [-0.4, -0.2) is 36.3 Å². The molecule has 1 aromatic rings. The van der Waals surface area contributed by atoms with Gasteiger partial charge in [-0.2, -0.15) is 0 Å². The molecule has 108 valence electrons. The summed E-state index contributed by atoms with van der Waals surface area (Å²) >= 11 is 0. The van der Waals surface area contributed by atoms with Gasteiger partial charge in [0.2, 0.25) is 0 Å². The van der Waals surface area contributed by atoms with Gasteiger partial charge in [0, 0.05) is 19.2 Å². The summed E-state index contributed by atoms with van der Waals surface area (Å²) in [7, 11) is 1.72. The SMILES string of the molecule is CCNc1nc(C)nc(NC(COC)C(C)C)c1C. The lowest BCUT2D eigenvalue weighted by atomic mass is 10.1. The molecule has 0 saturated heterocycles. The van der Waals surface area contributed by atoms with Crippen molar-refractivity contribution in [3.05, 3.63) is 11.4 Å². The molecule has 1 rings (SSSR count). The van der Waals surface area contributed by atoms with Crippen LogP contribution in [0.5, 0.6) is 0 Å². The lowest BCUT2D eigenvalue weighted by Gasteiger charge is -2.24. The Bertz CT molecular complexity index is 407. The van der Waals surface area contributed by atoms with Gasteiger partial charge in [0.1, 0.15) is 17.5 Å². The van der Waals surface area contributed by atoms with Gasteiger partial charge in [-0.25, -0.2) is 9.97 Å². The highest BCUT2D eigenvalue weighted by Gasteiger charge is 2.16. The first-order valence-corrected chi connectivity index (χ1v) is 6.84. The van der Waals surface area contributed by atoms with Gasteiger partial charge in [-0.1, -0.05) is 13.8 Å². The van der Waals surface area contributed by atoms with Crippen LogP contribution in [0, 0.1) is 19.8 Å². The van der Waals surface area contributed by atoms with Crippen LogP contribution in [0.4, 0.5) is 11.6 Å². The molecule has 0 radical (unpaired) electrons. The maximum absolute atomic E-state index is 5.26. The van der Waals surface area contributed by atoms with E-state index in [4.69, 9.17) is 4.74 Å². The fourth-order valence-electron chi connectivity index (χ4n) is 1.86. The van der Waals surface area contributed by atoms with E-state index in [1.807, 2.05) is 13.8 Å². The zero-order valence-electron chi connectivity index (χ0n) is 12.9. The van der Waals surface area contributed by atoms with Gasteiger partial charge >= 0.3 is 0 Å². The molecule has 1 heterocycles. The lowest BCUT2D eigenvalue weighted by Crippen LogP contribution is -2.31. The molecule has 0 fully saturated rings. The largest absolute Gasteiger partial charge is 0.383 e. The minimum Gasteiger partial charge on any atom is -0.383 e. The zero-order chi connectivity index (χ0) is 14.4. The summed E-state index contributed by atoms with van der Waals surface area (Å²) in [6.07, 6.45) is 0. The molecule has 1 atom stereocenters. The molecule has 1 unspecified atom stereocenters. The fourth-order valence-corrected chi connectivity index (χ4v) is 1.86. The highest BCUT2D eigenvalue weighted by Crippen LogP contribution is 2.21. The second kappa shape index (κ2) is 7.28. The minimum atomic E-state index is 0.243. The molecule has 5 heteroatoms. The van der Waals surface area contributed by atoms with Crippen molar-refractivity contribution < 1.29 is 4.74 Å². The average molecular weight is 266 g/mol. The van der Waals surface area contributed by atoms with E-state index in [0.29, 0.717) is 12.5 Å². The predicted molar refractivity (Wildman–Crippen MR) is 79.8 cm³/mol. The highest BCUT2D eigenvalue weighted by molar-refractivity contribution is 5.57. The molecular weight excluding hydrogens is 240 g/mol. The van der Waals surface area contributed by atoms with Gasteiger partial charge in [0.05, 0.1) is 12.6 Å². The molecule has 0 amide bonds. The van der Waals surface area contributed by atoms with E-state index in [-0.39, 0.29) is 6.04 Å². The van der Waals surface area contributed by atoms with Crippen molar-refractivity contribution in [3.8, 4) is 0 Å². The number of methoxy groups -OCH3 is 1. The Labute approximate surface area is 116 Å². The molecule has 1 aromatic heterocycles. The number of aryl methyl sites for hydroxylation is 1.